The molecule has 4 aromatic rings. The third kappa shape index (κ3) is 4.67. The lowest BCUT2D eigenvalue weighted by Crippen LogP contribution is -2.15. The summed E-state index contributed by atoms with van der Waals surface area (Å²) in [7, 11) is 1.38. The van der Waals surface area contributed by atoms with Crippen LogP contribution >= 0.6 is 0 Å². The monoisotopic (exact) mass is 456 g/mol. The first-order valence-corrected chi connectivity index (χ1v) is 9.53. The van der Waals surface area contributed by atoms with Gasteiger partial charge in [-0.3, -0.25) is 4.79 Å². The van der Waals surface area contributed by atoms with Crippen molar-refractivity contribution in [3.8, 4) is 23.0 Å². The minimum atomic E-state index is -5.03. The van der Waals surface area contributed by atoms with Gasteiger partial charge >= 0.3 is 12.1 Å². The van der Waals surface area contributed by atoms with Crippen LogP contribution in [0.5, 0.6) is 23.0 Å². The van der Waals surface area contributed by atoms with Crippen LogP contribution in [0.25, 0.3) is 11.0 Å². The quantitative estimate of drug-likeness (QED) is 0.278. The number of fused-ring (bicyclic) bond motifs is 1. The molecule has 0 bridgehead atoms. The predicted octanol–water partition coefficient (Wildman–Crippen LogP) is 5.83. The van der Waals surface area contributed by atoms with Crippen molar-refractivity contribution < 1.29 is 36.6 Å². The van der Waals surface area contributed by atoms with Crippen LogP contribution in [0.1, 0.15) is 16.1 Å². The van der Waals surface area contributed by atoms with Crippen LogP contribution < -0.4 is 19.6 Å². The molecule has 4 rings (SSSR count). The average molecular weight is 456 g/mol. The fourth-order valence-corrected chi connectivity index (χ4v) is 3.02. The van der Waals surface area contributed by atoms with Crippen molar-refractivity contribution in [2.45, 2.75) is 6.18 Å². The second-order valence-electron chi connectivity index (χ2n) is 6.78. The van der Waals surface area contributed by atoms with E-state index in [9.17, 15) is 22.8 Å². The Morgan fingerprint density at radius 1 is 0.879 bits per heavy atom. The largest absolute Gasteiger partial charge is 0.497 e. The number of alkyl halides is 3. The van der Waals surface area contributed by atoms with Gasteiger partial charge in [-0.25, -0.2) is 4.79 Å². The predicted molar refractivity (Wildman–Crippen MR) is 112 cm³/mol. The molecule has 6 nitrogen and oxygen atoms in total. The van der Waals surface area contributed by atoms with E-state index in [1.807, 2.05) is 0 Å². The molecule has 0 unspecified atom stereocenters. The van der Waals surface area contributed by atoms with Gasteiger partial charge in [0.2, 0.25) is 11.2 Å². The summed E-state index contributed by atoms with van der Waals surface area (Å²) in [4.78, 5) is 25.1. The fraction of sp³-hybridized carbons (Fsp3) is 0.0833. The average Bonchev–Trinajstić information content (AvgIpc) is 2.80. The summed E-state index contributed by atoms with van der Waals surface area (Å²) in [5, 5.41) is -0.180. The SMILES string of the molecule is COc1cccc(Oc2c(C(F)(F)F)oc3cc(OC(=O)c4ccccc4)ccc3c2=O)c1. The maximum absolute atomic E-state index is 13.7. The molecule has 0 saturated heterocycles. The van der Waals surface area contributed by atoms with Crippen LogP contribution in [0.3, 0.4) is 0 Å². The normalized spacial score (nSPS) is 11.3. The lowest BCUT2D eigenvalue weighted by atomic mass is 10.2. The van der Waals surface area contributed by atoms with E-state index in [-0.39, 0.29) is 22.4 Å². The summed E-state index contributed by atoms with van der Waals surface area (Å²) < 4.78 is 61.7. The van der Waals surface area contributed by atoms with Crippen molar-refractivity contribution in [3.63, 3.8) is 0 Å². The lowest BCUT2D eigenvalue weighted by molar-refractivity contribution is -0.154. The number of ether oxygens (including phenoxy) is 3. The highest BCUT2D eigenvalue weighted by molar-refractivity contribution is 5.91. The van der Waals surface area contributed by atoms with E-state index in [0.29, 0.717) is 5.75 Å². The highest BCUT2D eigenvalue weighted by Gasteiger charge is 2.40. The molecule has 1 heterocycles. The molecular formula is C24H15F3O6. The smallest absolute Gasteiger partial charge is 0.453 e. The minimum Gasteiger partial charge on any atom is -0.497 e. The number of benzene rings is 3. The Kier molecular flexibility index (Phi) is 5.78. The number of rotatable bonds is 5. The number of halogens is 3. The molecule has 33 heavy (non-hydrogen) atoms. The molecule has 0 N–H and O–H groups in total. The molecule has 0 aliphatic rings. The Morgan fingerprint density at radius 3 is 2.30 bits per heavy atom. The molecule has 0 radical (unpaired) electrons. The van der Waals surface area contributed by atoms with Gasteiger partial charge < -0.3 is 18.6 Å². The van der Waals surface area contributed by atoms with Crippen LogP contribution in [-0.2, 0) is 6.18 Å². The van der Waals surface area contributed by atoms with Crippen molar-refractivity contribution in [1.29, 1.82) is 0 Å². The third-order valence-corrected chi connectivity index (χ3v) is 4.56. The maximum Gasteiger partial charge on any atom is 0.453 e. The van der Waals surface area contributed by atoms with Gasteiger partial charge in [0, 0.05) is 12.1 Å². The summed E-state index contributed by atoms with van der Waals surface area (Å²) in [5.41, 5.74) is -1.20. The highest BCUT2D eigenvalue weighted by atomic mass is 19.4. The van der Waals surface area contributed by atoms with Crippen molar-refractivity contribution in [2.75, 3.05) is 7.11 Å². The van der Waals surface area contributed by atoms with Crippen LogP contribution in [0.2, 0.25) is 0 Å². The van der Waals surface area contributed by atoms with Crippen LogP contribution in [0.4, 0.5) is 13.2 Å². The molecule has 0 aliphatic carbocycles. The summed E-state index contributed by atoms with van der Waals surface area (Å²) in [6.45, 7) is 0. The molecule has 0 saturated carbocycles. The van der Waals surface area contributed by atoms with Crippen LogP contribution in [-0.4, -0.2) is 13.1 Å². The van der Waals surface area contributed by atoms with Gasteiger partial charge in [0.05, 0.1) is 18.1 Å². The summed E-state index contributed by atoms with van der Waals surface area (Å²) >= 11 is 0. The maximum atomic E-state index is 13.7. The molecule has 168 valence electrons. The first-order chi connectivity index (χ1) is 15.8. The van der Waals surface area contributed by atoms with Crippen LogP contribution in [0, 0.1) is 0 Å². The first-order valence-electron chi connectivity index (χ1n) is 9.53. The fourth-order valence-electron chi connectivity index (χ4n) is 3.02. The van der Waals surface area contributed by atoms with Crippen LogP contribution in [0.15, 0.2) is 82.0 Å². The molecule has 0 spiro atoms. The highest BCUT2D eigenvalue weighted by Crippen LogP contribution is 2.39. The molecule has 1 aromatic heterocycles. The molecule has 9 heteroatoms. The first kappa shape index (κ1) is 21.9. The van der Waals surface area contributed by atoms with Gasteiger partial charge in [0.15, 0.2) is 0 Å². The molecule has 0 amide bonds. The Bertz CT molecular complexity index is 1380. The number of carbonyl (C=O) groups is 1. The van der Waals surface area contributed by atoms with Gasteiger partial charge in [0.1, 0.15) is 22.8 Å². The number of carbonyl (C=O) groups excluding carboxylic acids is 1. The topological polar surface area (TPSA) is 75.0 Å². The third-order valence-electron chi connectivity index (χ3n) is 4.56. The van der Waals surface area contributed by atoms with Crippen molar-refractivity contribution in [2.24, 2.45) is 0 Å². The van der Waals surface area contributed by atoms with Gasteiger partial charge in [-0.05, 0) is 36.4 Å². The lowest BCUT2D eigenvalue weighted by Gasteiger charge is -2.14. The van der Waals surface area contributed by atoms with Crippen molar-refractivity contribution >= 4 is 16.9 Å². The zero-order chi connectivity index (χ0) is 23.6. The molecule has 3 aromatic carbocycles. The van der Waals surface area contributed by atoms with E-state index in [2.05, 4.69) is 0 Å². The van der Waals surface area contributed by atoms with E-state index in [0.717, 1.165) is 6.07 Å². The number of esters is 1. The van der Waals surface area contributed by atoms with E-state index in [1.165, 1.54) is 49.6 Å². The second-order valence-corrected chi connectivity index (χ2v) is 6.78. The summed E-state index contributed by atoms with van der Waals surface area (Å²) in [6, 6.07) is 17.3. The standard InChI is InChI=1S/C24H15F3O6/c1-30-15-8-5-9-16(12-15)31-21-20(28)18-11-10-17(13-19(18)33-22(21)24(25,26)27)32-23(29)14-6-3-2-4-7-14/h2-13H,1H3. The van der Waals surface area contributed by atoms with E-state index < -0.39 is 34.7 Å². The number of methoxy groups -OCH3 is 1. The van der Waals surface area contributed by atoms with Crippen molar-refractivity contribution in [3.05, 3.63) is 94.3 Å². The van der Waals surface area contributed by atoms with Gasteiger partial charge in [-0.15, -0.1) is 0 Å². The molecule has 0 fully saturated rings. The van der Waals surface area contributed by atoms with Gasteiger partial charge in [0.25, 0.3) is 5.76 Å². The number of hydrogen-bond donors (Lipinski definition) is 0. The van der Waals surface area contributed by atoms with Crippen molar-refractivity contribution in [1.82, 2.24) is 0 Å². The molecule has 0 atom stereocenters. The Labute approximate surface area is 184 Å². The Balaban J connectivity index is 1.76. The minimum absolute atomic E-state index is 0.0417. The second kappa shape index (κ2) is 8.70. The Morgan fingerprint density at radius 2 is 1.61 bits per heavy atom. The van der Waals surface area contributed by atoms with E-state index in [4.69, 9.17) is 18.6 Å². The molecular weight excluding hydrogens is 441 g/mol. The summed E-state index contributed by atoms with van der Waals surface area (Å²) in [5.74, 6) is -3.15. The summed E-state index contributed by atoms with van der Waals surface area (Å²) in [6.07, 6.45) is -5.03. The van der Waals surface area contributed by atoms with Gasteiger partial charge in [-0.1, -0.05) is 24.3 Å². The van der Waals surface area contributed by atoms with E-state index >= 15 is 0 Å². The zero-order valence-electron chi connectivity index (χ0n) is 17.0. The number of hydrogen-bond acceptors (Lipinski definition) is 6. The van der Waals surface area contributed by atoms with Gasteiger partial charge in [-0.2, -0.15) is 13.2 Å². The van der Waals surface area contributed by atoms with E-state index in [1.54, 1.807) is 24.3 Å². The Hall–Kier alpha value is -4.27. The molecule has 0 aliphatic heterocycles. The zero-order valence-corrected chi connectivity index (χ0v) is 17.0.